The predicted molar refractivity (Wildman–Crippen MR) is 155 cm³/mol. The second kappa shape index (κ2) is 12.3. The Morgan fingerprint density at radius 1 is 0.730 bits per heavy atom. The van der Waals surface area contributed by atoms with E-state index in [0.717, 1.165) is 46.9 Å². The highest BCUT2D eigenvalue weighted by Crippen LogP contribution is 2.38. The molecule has 3 aromatic carbocycles. The van der Waals surface area contributed by atoms with Gasteiger partial charge in [-0.2, -0.15) is 0 Å². The zero-order chi connectivity index (χ0) is 25.3. The van der Waals surface area contributed by atoms with Gasteiger partial charge in [-0.25, -0.2) is 4.98 Å². The van der Waals surface area contributed by atoms with Gasteiger partial charge < -0.3 is 11.1 Å². The molecule has 4 nitrogen and oxygen atoms in total. The summed E-state index contributed by atoms with van der Waals surface area (Å²) in [6.45, 7) is 0.738. The van der Waals surface area contributed by atoms with Crippen LogP contribution in [0.25, 0.3) is 22.4 Å². The summed E-state index contributed by atoms with van der Waals surface area (Å²) in [4.78, 5) is 10.5. The van der Waals surface area contributed by atoms with E-state index in [0.29, 0.717) is 0 Å². The maximum atomic E-state index is 6.40. The summed E-state index contributed by atoms with van der Waals surface area (Å²) in [5, 5.41) is 3.48. The van der Waals surface area contributed by atoms with Crippen LogP contribution in [0.3, 0.4) is 0 Å². The fraction of sp³-hybridized carbons (Fsp3) is 0.125. The fourth-order valence-corrected chi connectivity index (χ4v) is 5.30. The zero-order valence-electron chi connectivity index (χ0n) is 20.6. The van der Waals surface area contributed by atoms with Crippen LogP contribution >= 0.6 is 11.8 Å². The molecule has 0 saturated carbocycles. The van der Waals surface area contributed by atoms with Gasteiger partial charge >= 0.3 is 0 Å². The van der Waals surface area contributed by atoms with Crippen LogP contribution in [0.4, 0.5) is 5.82 Å². The molecular formula is C32H30N4S. The Labute approximate surface area is 223 Å². The highest BCUT2D eigenvalue weighted by atomic mass is 32.2. The molecule has 184 valence electrons. The Hall–Kier alpha value is -3.93. The lowest BCUT2D eigenvalue weighted by Gasteiger charge is -2.16. The molecule has 0 saturated heterocycles. The van der Waals surface area contributed by atoms with E-state index in [-0.39, 0.29) is 6.04 Å². The van der Waals surface area contributed by atoms with Crippen LogP contribution in [0.1, 0.15) is 23.6 Å². The number of nitrogens with one attached hydrogen (secondary N) is 1. The topological polar surface area (TPSA) is 63.8 Å². The minimum Gasteiger partial charge on any atom is -0.370 e. The van der Waals surface area contributed by atoms with Gasteiger partial charge in [0, 0.05) is 46.8 Å². The van der Waals surface area contributed by atoms with Crippen molar-refractivity contribution in [2.24, 2.45) is 5.73 Å². The lowest BCUT2D eigenvalue weighted by Crippen LogP contribution is -2.15. The summed E-state index contributed by atoms with van der Waals surface area (Å²) in [6.07, 6.45) is 4.45. The van der Waals surface area contributed by atoms with Gasteiger partial charge in [-0.1, -0.05) is 78.9 Å². The van der Waals surface area contributed by atoms with Crippen molar-refractivity contribution in [2.75, 3.05) is 11.9 Å². The standard InChI is InChI=1S/C32H30N4S/c33-29(25-11-5-2-6-12-25)19-22-35-31-16-15-28(32(36-31)26-17-20-34-21-18-26)27-13-7-8-14-30(27)37-23-24-9-3-1-4-10-24/h1-18,20-21,29H,19,22-23,33H2,(H,35,36). The van der Waals surface area contributed by atoms with Gasteiger partial charge in [-0.15, -0.1) is 11.8 Å². The highest BCUT2D eigenvalue weighted by molar-refractivity contribution is 7.98. The van der Waals surface area contributed by atoms with Crippen molar-refractivity contribution >= 4 is 17.6 Å². The number of rotatable bonds is 10. The van der Waals surface area contributed by atoms with Crippen molar-refractivity contribution in [3.8, 4) is 22.4 Å². The van der Waals surface area contributed by atoms with Gasteiger partial charge in [0.1, 0.15) is 5.82 Å². The molecule has 1 unspecified atom stereocenters. The number of aromatic nitrogens is 2. The van der Waals surface area contributed by atoms with Crippen molar-refractivity contribution in [2.45, 2.75) is 23.1 Å². The van der Waals surface area contributed by atoms with Gasteiger partial charge in [-0.3, -0.25) is 4.98 Å². The molecule has 2 aromatic heterocycles. The van der Waals surface area contributed by atoms with E-state index in [1.54, 1.807) is 0 Å². The molecule has 1 atom stereocenters. The average Bonchev–Trinajstić information content (AvgIpc) is 2.97. The first kappa shape index (κ1) is 24.8. The summed E-state index contributed by atoms with van der Waals surface area (Å²) in [5.41, 5.74) is 13.1. The quantitative estimate of drug-likeness (QED) is 0.192. The minimum absolute atomic E-state index is 0.0128. The molecule has 0 aliphatic carbocycles. The van der Waals surface area contributed by atoms with Gasteiger partial charge in [0.05, 0.1) is 5.69 Å². The van der Waals surface area contributed by atoms with E-state index in [9.17, 15) is 0 Å². The summed E-state index contributed by atoms with van der Waals surface area (Å²) < 4.78 is 0. The van der Waals surface area contributed by atoms with Crippen molar-refractivity contribution < 1.29 is 0 Å². The zero-order valence-corrected chi connectivity index (χ0v) is 21.4. The molecule has 0 aliphatic heterocycles. The first-order valence-electron chi connectivity index (χ1n) is 12.5. The summed E-state index contributed by atoms with van der Waals surface area (Å²) in [7, 11) is 0. The first-order chi connectivity index (χ1) is 18.3. The van der Waals surface area contributed by atoms with Crippen LogP contribution in [0, 0.1) is 0 Å². The second-order valence-corrected chi connectivity index (χ2v) is 9.85. The molecule has 0 radical (unpaired) electrons. The van der Waals surface area contributed by atoms with Crippen LogP contribution in [0.2, 0.25) is 0 Å². The number of hydrogen-bond donors (Lipinski definition) is 2. The van der Waals surface area contributed by atoms with E-state index in [1.165, 1.54) is 16.0 Å². The van der Waals surface area contributed by atoms with E-state index < -0.39 is 0 Å². The number of hydrogen-bond acceptors (Lipinski definition) is 5. The van der Waals surface area contributed by atoms with Crippen LogP contribution < -0.4 is 11.1 Å². The molecule has 0 aliphatic rings. The second-order valence-electron chi connectivity index (χ2n) is 8.83. The smallest absolute Gasteiger partial charge is 0.126 e. The number of anilines is 1. The number of thioether (sulfide) groups is 1. The molecule has 0 fully saturated rings. The van der Waals surface area contributed by atoms with E-state index in [4.69, 9.17) is 10.7 Å². The molecule has 5 heteroatoms. The van der Waals surface area contributed by atoms with Crippen molar-refractivity contribution in [1.82, 2.24) is 9.97 Å². The third kappa shape index (κ3) is 6.45. The molecule has 2 heterocycles. The molecule has 0 bridgehead atoms. The van der Waals surface area contributed by atoms with Gasteiger partial charge in [0.25, 0.3) is 0 Å². The summed E-state index contributed by atoms with van der Waals surface area (Å²) in [6, 6.07) is 37.6. The third-order valence-electron chi connectivity index (χ3n) is 6.25. The molecule has 0 amide bonds. The average molecular weight is 503 g/mol. The van der Waals surface area contributed by atoms with E-state index >= 15 is 0 Å². The first-order valence-corrected chi connectivity index (χ1v) is 13.5. The molecule has 5 aromatic rings. The Kier molecular flexibility index (Phi) is 8.26. The number of nitrogens with two attached hydrogens (primary N) is 1. The number of pyridine rings is 2. The Balaban J connectivity index is 1.39. The molecule has 0 spiro atoms. The maximum Gasteiger partial charge on any atom is 0.126 e. The van der Waals surface area contributed by atoms with Crippen molar-refractivity contribution in [3.05, 3.63) is 133 Å². The summed E-state index contributed by atoms with van der Waals surface area (Å²) in [5.74, 6) is 1.75. The molecule has 37 heavy (non-hydrogen) atoms. The van der Waals surface area contributed by atoms with Gasteiger partial charge in [0.15, 0.2) is 0 Å². The van der Waals surface area contributed by atoms with Crippen LogP contribution in [0.15, 0.2) is 126 Å². The van der Waals surface area contributed by atoms with Gasteiger partial charge in [0.2, 0.25) is 0 Å². The van der Waals surface area contributed by atoms with Crippen LogP contribution in [-0.2, 0) is 5.75 Å². The molecular weight excluding hydrogens is 472 g/mol. The van der Waals surface area contributed by atoms with Crippen molar-refractivity contribution in [1.29, 1.82) is 0 Å². The Morgan fingerprint density at radius 2 is 1.43 bits per heavy atom. The van der Waals surface area contributed by atoms with Crippen LogP contribution in [-0.4, -0.2) is 16.5 Å². The molecule has 5 rings (SSSR count). The number of benzene rings is 3. The monoisotopic (exact) mass is 502 g/mol. The largest absolute Gasteiger partial charge is 0.370 e. The lowest BCUT2D eigenvalue weighted by atomic mass is 10.00. The summed E-state index contributed by atoms with van der Waals surface area (Å²) >= 11 is 1.85. The number of nitrogens with zero attached hydrogens (tertiary/aromatic N) is 2. The fourth-order valence-electron chi connectivity index (χ4n) is 4.28. The Morgan fingerprint density at radius 3 is 2.22 bits per heavy atom. The van der Waals surface area contributed by atoms with E-state index in [2.05, 4.69) is 89.2 Å². The van der Waals surface area contributed by atoms with Crippen molar-refractivity contribution in [3.63, 3.8) is 0 Å². The predicted octanol–water partition coefficient (Wildman–Crippen LogP) is 7.60. The van der Waals surface area contributed by atoms with Gasteiger partial charge in [-0.05, 0) is 53.4 Å². The van der Waals surface area contributed by atoms with E-state index in [1.807, 2.05) is 54.5 Å². The third-order valence-corrected chi connectivity index (χ3v) is 7.40. The molecule has 3 N–H and O–H groups in total. The SMILES string of the molecule is NC(CCNc1ccc(-c2ccccc2SCc2ccccc2)c(-c2ccncc2)n1)c1ccccc1. The highest BCUT2D eigenvalue weighted by Gasteiger charge is 2.14. The maximum absolute atomic E-state index is 6.40. The Bertz CT molecular complexity index is 1410. The van der Waals surface area contributed by atoms with Crippen LogP contribution in [0.5, 0.6) is 0 Å². The normalized spacial score (nSPS) is 11.7. The lowest BCUT2D eigenvalue weighted by molar-refractivity contribution is 0.674. The minimum atomic E-state index is -0.0128.